The zero-order chi connectivity index (χ0) is 12.5. The Kier molecular flexibility index (Phi) is 6.84. The van der Waals surface area contributed by atoms with Gasteiger partial charge in [0.1, 0.15) is 4.88 Å². The van der Waals surface area contributed by atoms with Gasteiger partial charge in [0, 0.05) is 25.1 Å². The first-order valence-corrected chi connectivity index (χ1v) is 6.57. The van der Waals surface area contributed by atoms with E-state index in [4.69, 9.17) is 9.84 Å². The van der Waals surface area contributed by atoms with Crippen molar-refractivity contribution in [3.8, 4) is 0 Å². The fourth-order valence-electron chi connectivity index (χ4n) is 1.47. The van der Waals surface area contributed by atoms with Crippen LogP contribution in [0.15, 0.2) is 12.1 Å². The summed E-state index contributed by atoms with van der Waals surface area (Å²) in [4.78, 5) is 12.1. The quantitative estimate of drug-likeness (QED) is 0.667. The minimum Gasteiger partial charge on any atom is -0.477 e. The summed E-state index contributed by atoms with van der Waals surface area (Å²) in [6.07, 6.45) is 3.38. The minimum atomic E-state index is -0.846. The molecule has 0 spiro atoms. The van der Waals surface area contributed by atoms with Gasteiger partial charge in [-0.1, -0.05) is 0 Å². The van der Waals surface area contributed by atoms with Crippen molar-refractivity contribution in [3.63, 3.8) is 0 Å². The number of hydrogen-bond donors (Lipinski definition) is 2. The fraction of sp³-hybridized carbons (Fsp3) is 0.583. The van der Waals surface area contributed by atoms with Gasteiger partial charge in [-0.15, -0.1) is 11.3 Å². The number of unbranched alkanes of at least 4 members (excludes halogenated alkanes) is 2. The number of hydrogen-bond acceptors (Lipinski definition) is 4. The molecule has 2 N–H and O–H groups in total. The minimum absolute atomic E-state index is 0.405. The van der Waals surface area contributed by atoms with Crippen molar-refractivity contribution in [3.05, 3.63) is 21.9 Å². The van der Waals surface area contributed by atoms with Crippen LogP contribution in [0, 0.1) is 0 Å². The maximum Gasteiger partial charge on any atom is 0.345 e. The number of carboxylic acids is 1. The summed E-state index contributed by atoms with van der Waals surface area (Å²) in [5.74, 6) is -0.846. The van der Waals surface area contributed by atoms with E-state index < -0.39 is 5.97 Å². The van der Waals surface area contributed by atoms with Crippen LogP contribution in [0.4, 0.5) is 0 Å². The number of thiophene rings is 1. The van der Waals surface area contributed by atoms with Crippen LogP contribution in [-0.4, -0.2) is 31.3 Å². The van der Waals surface area contributed by atoms with Gasteiger partial charge in [-0.05, 0) is 37.9 Å². The molecule has 0 aromatic carbocycles. The molecular weight excluding hydrogens is 238 g/mol. The van der Waals surface area contributed by atoms with Crippen LogP contribution >= 0.6 is 11.3 Å². The van der Waals surface area contributed by atoms with E-state index in [1.807, 2.05) is 6.07 Å². The molecule has 96 valence electrons. The molecule has 0 aliphatic rings. The third-order valence-corrected chi connectivity index (χ3v) is 3.45. The summed E-state index contributed by atoms with van der Waals surface area (Å²) in [6.45, 7) is 2.54. The zero-order valence-corrected chi connectivity index (χ0v) is 10.9. The number of aromatic carboxylic acids is 1. The third-order valence-electron chi connectivity index (χ3n) is 2.37. The van der Waals surface area contributed by atoms with E-state index in [0.717, 1.165) is 43.8 Å². The molecule has 1 rings (SSSR count). The fourth-order valence-corrected chi connectivity index (χ4v) is 2.29. The lowest BCUT2D eigenvalue weighted by Gasteiger charge is -2.02. The van der Waals surface area contributed by atoms with E-state index in [0.29, 0.717) is 4.88 Å². The number of nitrogens with one attached hydrogen (secondary N) is 1. The second-order valence-corrected chi connectivity index (χ2v) is 4.97. The molecule has 4 nitrogen and oxygen atoms in total. The first-order chi connectivity index (χ1) is 8.24. The van der Waals surface area contributed by atoms with E-state index in [9.17, 15) is 4.79 Å². The molecule has 0 radical (unpaired) electrons. The summed E-state index contributed by atoms with van der Waals surface area (Å²) in [7, 11) is 1.72. The SMILES string of the molecule is COCCCCCNCc1ccc(C(=O)O)s1. The van der Waals surface area contributed by atoms with Gasteiger partial charge in [0.15, 0.2) is 0 Å². The molecule has 0 atom stereocenters. The lowest BCUT2D eigenvalue weighted by atomic mass is 10.2. The maximum atomic E-state index is 10.7. The van der Waals surface area contributed by atoms with Gasteiger partial charge in [0.25, 0.3) is 0 Å². The predicted molar refractivity (Wildman–Crippen MR) is 68.7 cm³/mol. The highest BCUT2D eigenvalue weighted by atomic mass is 32.1. The van der Waals surface area contributed by atoms with Crippen LogP contribution < -0.4 is 5.32 Å². The molecule has 0 saturated heterocycles. The summed E-state index contributed by atoms with van der Waals surface area (Å²) in [6, 6.07) is 3.52. The van der Waals surface area contributed by atoms with Gasteiger partial charge in [0.2, 0.25) is 0 Å². The number of methoxy groups -OCH3 is 1. The largest absolute Gasteiger partial charge is 0.477 e. The third kappa shape index (κ3) is 5.81. The maximum absolute atomic E-state index is 10.7. The lowest BCUT2D eigenvalue weighted by molar-refractivity contribution is 0.0702. The standard InChI is InChI=1S/C12H19NO3S/c1-16-8-4-2-3-7-13-9-10-5-6-11(17-10)12(14)15/h5-6,13H,2-4,7-9H2,1H3,(H,14,15). The van der Waals surface area contributed by atoms with E-state index in [2.05, 4.69) is 5.32 Å². The Balaban J connectivity index is 2.07. The summed E-state index contributed by atoms with van der Waals surface area (Å²) in [5, 5.41) is 12.1. The van der Waals surface area contributed by atoms with Crippen LogP contribution in [0.2, 0.25) is 0 Å². The predicted octanol–water partition coefficient (Wildman–Crippen LogP) is 2.35. The van der Waals surface area contributed by atoms with E-state index in [1.165, 1.54) is 11.3 Å². The number of carbonyl (C=O) groups is 1. The Morgan fingerprint density at radius 2 is 2.24 bits per heavy atom. The molecule has 0 amide bonds. The topological polar surface area (TPSA) is 58.6 Å². The zero-order valence-electron chi connectivity index (χ0n) is 10.1. The van der Waals surface area contributed by atoms with Gasteiger partial charge in [0.05, 0.1) is 0 Å². The second kappa shape index (κ2) is 8.22. The van der Waals surface area contributed by atoms with Crippen LogP contribution in [0.5, 0.6) is 0 Å². The van der Waals surface area contributed by atoms with Crippen molar-refractivity contribution in [1.29, 1.82) is 0 Å². The Labute approximate surface area is 106 Å². The number of ether oxygens (including phenoxy) is 1. The monoisotopic (exact) mass is 257 g/mol. The molecule has 1 aromatic rings. The van der Waals surface area contributed by atoms with Crippen LogP contribution in [0.3, 0.4) is 0 Å². The highest BCUT2D eigenvalue weighted by Gasteiger charge is 2.05. The average molecular weight is 257 g/mol. The van der Waals surface area contributed by atoms with Gasteiger partial charge in [-0.3, -0.25) is 0 Å². The average Bonchev–Trinajstić information content (AvgIpc) is 2.77. The molecule has 1 heterocycles. The van der Waals surface area contributed by atoms with Gasteiger partial charge >= 0.3 is 5.97 Å². The number of rotatable bonds is 9. The van der Waals surface area contributed by atoms with Crippen molar-refractivity contribution in [2.75, 3.05) is 20.3 Å². The van der Waals surface area contributed by atoms with Crippen LogP contribution in [0.1, 0.15) is 33.8 Å². The molecule has 0 fully saturated rings. The summed E-state index contributed by atoms with van der Waals surface area (Å²) < 4.78 is 4.97. The van der Waals surface area contributed by atoms with Crippen molar-refractivity contribution >= 4 is 17.3 Å². The van der Waals surface area contributed by atoms with Gasteiger partial charge in [-0.25, -0.2) is 4.79 Å². The first-order valence-electron chi connectivity index (χ1n) is 5.75. The Morgan fingerprint density at radius 1 is 1.41 bits per heavy atom. The molecule has 0 bridgehead atoms. The van der Waals surface area contributed by atoms with Crippen LogP contribution in [-0.2, 0) is 11.3 Å². The molecule has 0 aliphatic carbocycles. The van der Waals surface area contributed by atoms with Gasteiger partial charge in [-0.2, -0.15) is 0 Å². The van der Waals surface area contributed by atoms with E-state index in [1.54, 1.807) is 13.2 Å². The molecule has 5 heteroatoms. The second-order valence-electron chi connectivity index (χ2n) is 3.80. The Morgan fingerprint density at radius 3 is 2.88 bits per heavy atom. The molecule has 0 saturated carbocycles. The Bertz CT molecular complexity index is 338. The van der Waals surface area contributed by atoms with E-state index in [-0.39, 0.29) is 0 Å². The normalized spacial score (nSPS) is 10.6. The van der Waals surface area contributed by atoms with Gasteiger partial charge < -0.3 is 15.2 Å². The van der Waals surface area contributed by atoms with E-state index >= 15 is 0 Å². The summed E-state index contributed by atoms with van der Waals surface area (Å²) in [5.41, 5.74) is 0. The number of carboxylic acid groups (broad SMARTS) is 1. The van der Waals surface area contributed by atoms with Crippen molar-refractivity contribution in [2.45, 2.75) is 25.8 Å². The smallest absolute Gasteiger partial charge is 0.345 e. The molecule has 1 aromatic heterocycles. The van der Waals surface area contributed by atoms with Crippen molar-refractivity contribution < 1.29 is 14.6 Å². The first kappa shape index (κ1) is 14.2. The molecule has 17 heavy (non-hydrogen) atoms. The van der Waals surface area contributed by atoms with Crippen molar-refractivity contribution in [2.24, 2.45) is 0 Å². The highest BCUT2D eigenvalue weighted by molar-refractivity contribution is 7.13. The summed E-state index contributed by atoms with van der Waals surface area (Å²) >= 11 is 1.33. The molecule has 0 aliphatic heterocycles. The molecule has 0 unspecified atom stereocenters. The Hall–Kier alpha value is -0.910. The van der Waals surface area contributed by atoms with Crippen LogP contribution in [0.25, 0.3) is 0 Å². The van der Waals surface area contributed by atoms with Crippen molar-refractivity contribution in [1.82, 2.24) is 5.32 Å². The lowest BCUT2D eigenvalue weighted by Crippen LogP contribution is -2.13. The molecular formula is C12H19NO3S. The highest BCUT2D eigenvalue weighted by Crippen LogP contribution is 2.15.